The third kappa shape index (κ3) is 3.58. The Hall–Kier alpha value is -2.22. The highest BCUT2D eigenvalue weighted by Gasteiger charge is 2.33. The van der Waals surface area contributed by atoms with E-state index >= 15 is 0 Å². The number of nitrogens with one attached hydrogen (secondary N) is 2. The first kappa shape index (κ1) is 17.6. The summed E-state index contributed by atoms with van der Waals surface area (Å²) in [6.45, 7) is 3.85. The molecule has 2 aromatic heterocycles. The number of aromatic nitrogens is 2. The zero-order valence-electron chi connectivity index (χ0n) is 14.2. The van der Waals surface area contributed by atoms with Gasteiger partial charge in [-0.3, -0.25) is 14.4 Å². The number of aryl methyl sites for hydroxylation is 3. The van der Waals surface area contributed by atoms with Crippen LogP contribution in [-0.2, 0) is 16.0 Å². The van der Waals surface area contributed by atoms with Gasteiger partial charge in [-0.15, -0.1) is 11.3 Å². The standard InChI is InChI=1S/C17H21N3O4S/c1-8-9(2)25-16-14(8)15(22)19-12(20-16)6-7-13(21)18-11-5-3-4-10(11)17(23)24/h10-11H,3-7H2,1-2H3,(H,18,21)(H,23,24)(H,19,20,22)/t10-,11+/m0/s1. The molecule has 0 unspecified atom stereocenters. The highest BCUT2D eigenvalue weighted by atomic mass is 32.1. The Morgan fingerprint density at radius 2 is 2.12 bits per heavy atom. The molecule has 1 saturated carbocycles. The normalized spacial score (nSPS) is 20.1. The van der Waals surface area contributed by atoms with Crippen LogP contribution in [0.25, 0.3) is 10.2 Å². The first-order valence-electron chi connectivity index (χ1n) is 8.38. The summed E-state index contributed by atoms with van der Waals surface area (Å²) in [6, 6.07) is -0.304. The molecule has 1 aliphatic carbocycles. The lowest BCUT2D eigenvalue weighted by atomic mass is 10.0. The van der Waals surface area contributed by atoms with E-state index in [2.05, 4.69) is 15.3 Å². The van der Waals surface area contributed by atoms with Crippen molar-refractivity contribution in [2.45, 2.75) is 52.0 Å². The predicted molar refractivity (Wildman–Crippen MR) is 94.9 cm³/mol. The van der Waals surface area contributed by atoms with E-state index < -0.39 is 11.9 Å². The lowest BCUT2D eigenvalue weighted by molar-refractivity contribution is -0.142. The number of thiophene rings is 1. The quantitative estimate of drug-likeness (QED) is 0.751. The van der Waals surface area contributed by atoms with Crippen molar-refractivity contribution in [2.75, 3.05) is 0 Å². The number of carboxylic acids is 1. The minimum atomic E-state index is -0.859. The topological polar surface area (TPSA) is 112 Å². The Labute approximate surface area is 148 Å². The summed E-state index contributed by atoms with van der Waals surface area (Å²) in [6.07, 6.45) is 2.59. The van der Waals surface area contributed by atoms with E-state index in [9.17, 15) is 14.4 Å². The van der Waals surface area contributed by atoms with E-state index in [1.54, 1.807) is 0 Å². The van der Waals surface area contributed by atoms with Crippen molar-refractivity contribution >= 4 is 33.4 Å². The van der Waals surface area contributed by atoms with Gasteiger partial charge in [0.15, 0.2) is 0 Å². The molecule has 8 heteroatoms. The fourth-order valence-corrected chi connectivity index (χ4v) is 4.41. The molecule has 1 fully saturated rings. The molecule has 134 valence electrons. The van der Waals surface area contributed by atoms with Crippen LogP contribution in [0, 0.1) is 19.8 Å². The third-order valence-electron chi connectivity index (χ3n) is 4.86. The van der Waals surface area contributed by atoms with Crippen LogP contribution >= 0.6 is 11.3 Å². The molecule has 0 saturated heterocycles. The second-order valence-corrected chi connectivity index (χ2v) is 7.73. The number of aromatic amines is 1. The van der Waals surface area contributed by atoms with E-state index in [0.717, 1.165) is 16.9 Å². The van der Waals surface area contributed by atoms with Crippen molar-refractivity contribution < 1.29 is 14.7 Å². The largest absolute Gasteiger partial charge is 0.481 e. The van der Waals surface area contributed by atoms with Gasteiger partial charge in [-0.2, -0.15) is 0 Å². The van der Waals surface area contributed by atoms with Crippen molar-refractivity contribution in [3.05, 3.63) is 26.6 Å². The molecule has 3 rings (SSSR count). The molecular weight excluding hydrogens is 342 g/mol. The van der Waals surface area contributed by atoms with Gasteiger partial charge in [0.2, 0.25) is 5.91 Å². The molecule has 1 aliphatic rings. The molecule has 2 heterocycles. The summed E-state index contributed by atoms with van der Waals surface area (Å²) >= 11 is 1.47. The highest BCUT2D eigenvalue weighted by molar-refractivity contribution is 7.18. The summed E-state index contributed by atoms with van der Waals surface area (Å²) in [4.78, 5) is 44.5. The summed E-state index contributed by atoms with van der Waals surface area (Å²) in [5.41, 5.74) is 0.767. The lowest BCUT2D eigenvalue weighted by Crippen LogP contribution is -2.40. The Bertz CT molecular complexity index is 886. The van der Waals surface area contributed by atoms with Crippen LogP contribution in [0.3, 0.4) is 0 Å². The Morgan fingerprint density at radius 3 is 2.84 bits per heavy atom. The molecule has 25 heavy (non-hydrogen) atoms. The van der Waals surface area contributed by atoms with Crippen LogP contribution in [-0.4, -0.2) is 33.0 Å². The van der Waals surface area contributed by atoms with Crippen LogP contribution < -0.4 is 10.9 Å². The summed E-state index contributed by atoms with van der Waals surface area (Å²) in [5, 5.41) is 12.6. The van der Waals surface area contributed by atoms with Gasteiger partial charge in [0.1, 0.15) is 10.7 Å². The Balaban J connectivity index is 1.65. The molecule has 0 aromatic carbocycles. The maximum atomic E-state index is 12.2. The average molecular weight is 363 g/mol. The number of rotatable bonds is 5. The van der Waals surface area contributed by atoms with E-state index in [-0.39, 0.29) is 23.9 Å². The molecule has 2 aromatic rings. The number of fused-ring (bicyclic) bond motifs is 1. The summed E-state index contributed by atoms with van der Waals surface area (Å²) in [7, 11) is 0. The molecule has 0 spiro atoms. The number of carbonyl (C=O) groups is 2. The van der Waals surface area contributed by atoms with Crippen LogP contribution in [0.15, 0.2) is 4.79 Å². The summed E-state index contributed by atoms with van der Waals surface area (Å²) in [5.74, 6) is -1.09. The minimum absolute atomic E-state index is 0.167. The number of hydrogen-bond donors (Lipinski definition) is 3. The zero-order valence-corrected chi connectivity index (χ0v) is 15.0. The maximum absolute atomic E-state index is 12.2. The molecule has 0 bridgehead atoms. The van der Waals surface area contributed by atoms with Crippen LogP contribution in [0.4, 0.5) is 0 Å². The van der Waals surface area contributed by atoms with Crippen LogP contribution in [0.2, 0.25) is 0 Å². The van der Waals surface area contributed by atoms with Crippen molar-refractivity contribution in [1.82, 2.24) is 15.3 Å². The number of aliphatic carboxylic acids is 1. The number of carbonyl (C=O) groups excluding carboxylic acids is 1. The molecule has 3 N–H and O–H groups in total. The van der Waals surface area contributed by atoms with Crippen LogP contribution in [0.1, 0.15) is 41.9 Å². The van der Waals surface area contributed by atoms with Gasteiger partial charge in [-0.25, -0.2) is 4.98 Å². The van der Waals surface area contributed by atoms with Crippen molar-refractivity contribution in [3.8, 4) is 0 Å². The first-order chi connectivity index (χ1) is 11.9. The van der Waals surface area contributed by atoms with Gasteiger partial charge in [-0.1, -0.05) is 6.42 Å². The van der Waals surface area contributed by atoms with Crippen molar-refractivity contribution in [1.29, 1.82) is 0 Å². The number of hydrogen-bond acceptors (Lipinski definition) is 5. The van der Waals surface area contributed by atoms with Gasteiger partial charge in [0.05, 0.1) is 11.3 Å². The summed E-state index contributed by atoms with van der Waals surface area (Å²) < 4.78 is 0. The van der Waals surface area contributed by atoms with Gasteiger partial charge in [0, 0.05) is 23.8 Å². The molecule has 2 atom stereocenters. The van der Waals surface area contributed by atoms with E-state index in [1.807, 2.05) is 13.8 Å². The number of nitrogens with zero attached hydrogens (tertiary/aromatic N) is 1. The van der Waals surface area contributed by atoms with Gasteiger partial charge in [-0.05, 0) is 32.3 Å². The predicted octanol–water partition coefficient (Wildman–Crippen LogP) is 1.90. The molecule has 1 amide bonds. The first-order valence-corrected chi connectivity index (χ1v) is 9.19. The minimum Gasteiger partial charge on any atom is -0.481 e. The van der Waals surface area contributed by atoms with E-state index in [4.69, 9.17) is 5.11 Å². The second-order valence-electron chi connectivity index (χ2n) is 6.53. The second kappa shape index (κ2) is 6.95. The number of H-pyrrole nitrogens is 1. The average Bonchev–Trinajstić information content (AvgIpc) is 3.11. The van der Waals surface area contributed by atoms with Gasteiger partial charge >= 0.3 is 5.97 Å². The lowest BCUT2D eigenvalue weighted by Gasteiger charge is -2.17. The highest BCUT2D eigenvalue weighted by Crippen LogP contribution is 2.27. The number of carboxylic acid groups (broad SMARTS) is 1. The van der Waals surface area contributed by atoms with Crippen molar-refractivity contribution in [3.63, 3.8) is 0 Å². The smallest absolute Gasteiger partial charge is 0.308 e. The molecular formula is C17H21N3O4S. The fraction of sp³-hybridized carbons (Fsp3) is 0.529. The van der Waals surface area contributed by atoms with Gasteiger partial charge in [0.25, 0.3) is 5.56 Å². The molecule has 0 radical (unpaired) electrons. The fourth-order valence-electron chi connectivity index (χ4n) is 3.36. The Morgan fingerprint density at radius 1 is 1.36 bits per heavy atom. The van der Waals surface area contributed by atoms with E-state index in [1.165, 1.54) is 11.3 Å². The van der Waals surface area contributed by atoms with Gasteiger partial charge < -0.3 is 15.4 Å². The monoisotopic (exact) mass is 363 g/mol. The van der Waals surface area contributed by atoms with Crippen LogP contribution in [0.5, 0.6) is 0 Å². The molecule has 7 nitrogen and oxygen atoms in total. The Kier molecular flexibility index (Phi) is 4.89. The van der Waals surface area contributed by atoms with E-state index in [0.29, 0.717) is 35.3 Å². The molecule has 0 aliphatic heterocycles. The third-order valence-corrected chi connectivity index (χ3v) is 5.96. The number of amides is 1. The zero-order chi connectivity index (χ0) is 18.1. The van der Waals surface area contributed by atoms with Crippen molar-refractivity contribution in [2.24, 2.45) is 5.92 Å². The SMILES string of the molecule is Cc1sc2nc(CCC(=O)N[C@@H]3CCC[C@@H]3C(=O)O)[nH]c(=O)c2c1C. The maximum Gasteiger partial charge on any atom is 0.308 e.